The molecule has 1 saturated heterocycles. The SMILES string of the molecule is CCC/C(C)=C(\CC)c1cc(C(=O)NC2CCN(Cc3ccc(C(N)=O)cc3)CC2)ccc1C.CCc1ccc(C(N)=O)cc1. The molecular formula is C38H50N4O3. The smallest absolute Gasteiger partial charge is 0.251 e. The molecule has 0 saturated carbocycles. The molecule has 240 valence electrons. The zero-order chi connectivity index (χ0) is 32.9. The lowest BCUT2D eigenvalue weighted by Crippen LogP contribution is -2.44. The van der Waals surface area contributed by atoms with Gasteiger partial charge in [0.15, 0.2) is 0 Å². The molecule has 0 bridgehead atoms. The molecule has 1 heterocycles. The van der Waals surface area contributed by atoms with Crippen LogP contribution in [0.4, 0.5) is 0 Å². The zero-order valence-corrected chi connectivity index (χ0v) is 27.6. The minimum atomic E-state index is -0.401. The van der Waals surface area contributed by atoms with Gasteiger partial charge in [-0.1, -0.05) is 63.1 Å². The van der Waals surface area contributed by atoms with Crippen LogP contribution in [0.25, 0.3) is 5.57 Å². The van der Waals surface area contributed by atoms with Crippen molar-refractivity contribution in [3.63, 3.8) is 0 Å². The molecule has 0 spiro atoms. The maximum Gasteiger partial charge on any atom is 0.251 e. The van der Waals surface area contributed by atoms with E-state index < -0.39 is 5.91 Å². The number of allylic oxidation sites excluding steroid dienone is 2. The number of amides is 3. The van der Waals surface area contributed by atoms with Gasteiger partial charge in [-0.25, -0.2) is 0 Å². The molecule has 0 atom stereocenters. The topological polar surface area (TPSA) is 119 Å². The first-order valence-corrected chi connectivity index (χ1v) is 16.2. The summed E-state index contributed by atoms with van der Waals surface area (Å²) in [5, 5.41) is 3.26. The number of carbonyl (C=O) groups is 3. The van der Waals surface area contributed by atoms with Gasteiger partial charge < -0.3 is 16.8 Å². The van der Waals surface area contributed by atoms with Gasteiger partial charge in [0.25, 0.3) is 5.91 Å². The maximum atomic E-state index is 13.1. The molecule has 1 fully saturated rings. The zero-order valence-electron chi connectivity index (χ0n) is 27.6. The molecule has 3 amide bonds. The highest BCUT2D eigenvalue weighted by atomic mass is 16.2. The highest BCUT2D eigenvalue weighted by molar-refractivity contribution is 5.95. The van der Waals surface area contributed by atoms with E-state index in [9.17, 15) is 14.4 Å². The Morgan fingerprint density at radius 3 is 1.82 bits per heavy atom. The second-order valence-electron chi connectivity index (χ2n) is 11.9. The van der Waals surface area contributed by atoms with Crippen molar-refractivity contribution in [3.05, 3.63) is 111 Å². The molecule has 4 rings (SSSR count). The van der Waals surface area contributed by atoms with Crippen molar-refractivity contribution in [2.75, 3.05) is 13.1 Å². The van der Waals surface area contributed by atoms with E-state index in [0.717, 1.165) is 69.3 Å². The fourth-order valence-corrected chi connectivity index (χ4v) is 5.78. The van der Waals surface area contributed by atoms with Crippen LogP contribution in [0, 0.1) is 6.92 Å². The van der Waals surface area contributed by atoms with Crippen LogP contribution in [0.2, 0.25) is 0 Å². The summed E-state index contributed by atoms with van der Waals surface area (Å²) in [5.41, 5.74) is 19.8. The van der Waals surface area contributed by atoms with Crippen LogP contribution in [-0.2, 0) is 13.0 Å². The van der Waals surface area contributed by atoms with Crippen LogP contribution in [0.1, 0.15) is 113 Å². The lowest BCUT2D eigenvalue weighted by atomic mass is 9.91. The third kappa shape index (κ3) is 10.4. The van der Waals surface area contributed by atoms with Crippen LogP contribution < -0.4 is 16.8 Å². The van der Waals surface area contributed by atoms with Crippen molar-refractivity contribution in [1.29, 1.82) is 0 Å². The van der Waals surface area contributed by atoms with Crippen molar-refractivity contribution in [2.24, 2.45) is 11.5 Å². The molecule has 7 nitrogen and oxygen atoms in total. The monoisotopic (exact) mass is 610 g/mol. The molecule has 0 aliphatic carbocycles. The van der Waals surface area contributed by atoms with E-state index in [1.165, 1.54) is 27.8 Å². The number of carbonyl (C=O) groups excluding carboxylic acids is 3. The summed E-state index contributed by atoms with van der Waals surface area (Å²) in [6.45, 7) is 13.5. The van der Waals surface area contributed by atoms with E-state index in [-0.39, 0.29) is 17.9 Å². The van der Waals surface area contributed by atoms with Crippen molar-refractivity contribution >= 4 is 23.3 Å². The molecule has 3 aromatic rings. The van der Waals surface area contributed by atoms with Gasteiger partial charge in [-0.3, -0.25) is 19.3 Å². The molecule has 5 N–H and O–H groups in total. The highest BCUT2D eigenvalue weighted by Crippen LogP contribution is 2.28. The second-order valence-corrected chi connectivity index (χ2v) is 11.9. The highest BCUT2D eigenvalue weighted by Gasteiger charge is 2.22. The summed E-state index contributed by atoms with van der Waals surface area (Å²) >= 11 is 0. The first kappa shape index (κ1) is 35.3. The van der Waals surface area contributed by atoms with Crippen molar-refractivity contribution in [1.82, 2.24) is 10.2 Å². The van der Waals surface area contributed by atoms with E-state index in [2.05, 4.69) is 57.0 Å². The average molecular weight is 611 g/mol. The Hall–Kier alpha value is -4.23. The number of likely N-dealkylation sites (tertiary alicyclic amines) is 1. The van der Waals surface area contributed by atoms with Gasteiger partial charge in [0, 0.05) is 42.4 Å². The van der Waals surface area contributed by atoms with Gasteiger partial charge in [0.1, 0.15) is 0 Å². The van der Waals surface area contributed by atoms with Crippen LogP contribution in [0.15, 0.2) is 72.3 Å². The Labute approximate surface area is 269 Å². The quantitative estimate of drug-likeness (QED) is 0.221. The summed E-state index contributed by atoms with van der Waals surface area (Å²) in [6.07, 6.45) is 6.04. The number of rotatable bonds is 11. The molecule has 0 unspecified atom stereocenters. The summed E-state index contributed by atoms with van der Waals surface area (Å²) < 4.78 is 0. The average Bonchev–Trinajstić information content (AvgIpc) is 3.04. The van der Waals surface area contributed by atoms with Gasteiger partial charge >= 0.3 is 0 Å². The molecule has 1 aliphatic heterocycles. The Morgan fingerprint density at radius 2 is 1.33 bits per heavy atom. The Bertz CT molecular complexity index is 1470. The van der Waals surface area contributed by atoms with Crippen molar-refractivity contribution in [3.8, 4) is 0 Å². The molecule has 45 heavy (non-hydrogen) atoms. The van der Waals surface area contributed by atoms with Crippen LogP contribution in [-0.4, -0.2) is 41.8 Å². The van der Waals surface area contributed by atoms with E-state index in [4.69, 9.17) is 11.5 Å². The Morgan fingerprint density at radius 1 is 0.800 bits per heavy atom. The fourth-order valence-electron chi connectivity index (χ4n) is 5.78. The fraction of sp³-hybridized carbons (Fsp3) is 0.395. The van der Waals surface area contributed by atoms with Gasteiger partial charge in [-0.05, 0) is 110 Å². The number of nitrogens with one attached hydrogen (secondary N) is 1. The summed E-state index contributed by atoms with van der Waals surface area (Å²) in [6, 6.07) is 21.1. The first-order chi connectivity index (χ1) is 21.6. The molecule has 7 heteroatoms. The second kappa shape index (κ2) is 17.3. The molecule has 1 aliphatic rings. The molecule has 0 radical (unpaired) electrons. The predicted octanol–water partition coefficient (Wildman–Crippen LogP) is 6.82. The van der Waals surface area contributed by atoms with Crippen molar-refractivity contribution in [2.45, 2.75) is 85.7 Å². The van der Waals surface area contributed by atoms with E-state index >= 15 is 0 Å². The Balaban J connectivity index is 0.000000423. The number of piperidine rings is 1. The van der Waals surface area contributed by atoms with Gasteiger partial charge in [-0.15, -0.1) is 0 Å². The lowest BCUT2D eigenvalue weighted by molar-refractivity contribution is 0.0907. The largest absolute Gasteiger partial charge is 0.366 e. The summed E-state index contributed by atoms with van der Waals surface area (Å²) in [5.74, 6) is -0.750. The normalized spacial score (nSPS) is 14.2. The summed E-state index contributed by atoms with van der Waals surface area (Å²) in [7, 11) is 0. The van der Waals surface area contributed by atoms with Gasteiger partial charge in [0.2, 0.25) is 11.8 Å². The van der Waals surface area contributed by atoms with Gasteiger partial charge in [0.05, 0.1) is 0 Å². The first-order valence-electron chi connectivity index (χ1n) is 16.2. The van der Waals surface area contributed by atoms with Crippen LogP contribution >= 0.6 is 0 Å². The number of hydrogen-bond acceptors (Lipinski definition) is 4. The maximum absolute atomic E-state index is 13.1. The third-order valence-corrected chi connectivity index (χ3v) is 8.53. The number of nitrogens with zero attached hydrogens (tertiary/aromatic N) is 1. The number of hydrogen-bond donors (Lipinski definition) is 3. The number of benzene rings is 3. The minimum absolute atomic E-state index is 0.0188. The minimum Gasteiger partial charge on any atom is -0.366 e. The standard InChI is InChI=1S/C29H39N3O2.C9H11NO/c1-5-7-20(3)26(6-2)27-18-24(11-8-21(27)4)29(34)31-25-14-16-32(17-15-25)19-22-9-12-23(13-10-22)28(30)33;1-2-7-3-5-8(6-4-7)9(10)11/h8-13,18,25H,5-7,14-17,19H2,1-4H3,(H2,30,33)(H,31,34);3-6H,2H2,1H3,(H2,10,11)/b26-20+;. The number of aryl methyl sites for hydroxylation is 2. The molecular weight excluding hydrogens is 560 g/mol. The number of primary amides is 2. The van der Waals surface area contributed by atoms with Crippen LogP contribution in [0.3, 0.4) is 0 Å². The lowest BCUT2D eigenvalue weighted by Gasteiger charge is -2.32. The van der Waals surface area contributed by atoms with E-state index in [1.807, 2.05) is 30.3 Å². The molecule has 0 aromatic heterocycles. The molecule has 3 aromatic carbocycles. The van der Waals surface area contributed by atoms with Gasteiger partial charge in [-0.2, -0.15) is 0 Å². The van der Waals surface area contributed by atoms with Crippen molar-refractivity contribution < 1.29 is 14.4 Å². The third-order valence-electron chi connectivity index (χ3n) is 8.53. The van der Waals surface area contributed by atoms with Crippen LogP contribution in [0.5, 0.6) is 0 Å². The number of nitrogens with two attached hydrogens (primary N) is 2. The van der Waals surface area contributed by atoms with E-state index in [0.29, 0.717) is 11.1 Å². The van der Waals surface area contributed by atoms with E-state index in [1.54, 1.807) is 24.3 Å². The Kier molecular flexibility index (Phi) is 13.6. The summed E-state index contributed by atoms with van der Waals surface area (Å²) in [4.78, 5) is 37.3. The predicted molar refractivity (Wildman–Crippen MR) is 184 cm³/mol.